The molecule has 0 bridgehead atoms. The Kier molecular flexibility index (Phi) is 2.32. The Morgan fingerprint density at radius 1 is 1.38 bits per heavy atom. The molecular formula is C9H18N2O2. The van der Waals surface area contributed by atoms with Crippen molar-refractivity contribution >= 4 is 0 Å². The average molecular weight is 186 g/mol. The highest BCUT2D eigenvalue weighted by Crippen LogP contribution is 2.41. The van der Waals surface area contributed by atoms with Crippen molar-refractivity contribution in [1.29, 1.82) is 0 Å². The minimum atomic E-state index is -0.264. The van der Waals surface area contributed by atoms with Gasteiger partial charge in [0.05, 0.1) is 12.1 Å². The first-order valence-electron chi connectivity index (χ1n) is 4.88. The van der Waals surface area contributed by atoms with Crippen LogP contribution in [0.25, 0.3) is 0 Å². The lowest BCUT2D eigenvalue weighted by Gasteiger charge is -2.36. The maximum Gasteiger partial charge on any atom is 0.172 e. The number of rotatable bonds is 2. The van der Waals surface area contributed by atoms with Crippen LogP contribution in [0.3, 0.4) is 0 Å². The van der Waals surface area contributed by atoms with E-state index in [4.69, 9.17) is 20.9 Å². The molecule has 4 nitrogen and oxygen atoms in total. The maximum absolute atomic E-state index is 6.06. The molecule has 0 aromatic rings. The lowest BCUT2D eigenvalue weighted by atomic mass is 9.98. The van der Waals surface area contributed by atoms with Crippen molar-refractivity contribution in [2.75, 3.05) is 7.11 Å². The normalized spacial score (nSPS) is 43.2. The smallest absolute Gasteiger partial charge is 0.172 e. The summed E-state index contributed by atoms with van der Waals surface area (Å²) in [6.45, 7) is 0. The van der Waals surface area contributed by atoms with Crippen molar-refractivity contribution in [3.63, 3.8) is 0 Å². The van der Waals surface area contributed by atoms with Crippen LogP contribution in [0, 0.1) is 0 Å². The first-order valence-corrected chi connectivity index (χ1v) is 4.88. The van der Waals surface area contributed by atoms with E-state index < -0.39 is 0 Å². The molecule has 1 heterocycles. The maximum atomic E-state index is 6.06. The first kappa shape index (κ1) is 9.40. The van der Waals surface area contributed by atoms with E-state index in [9.17, 15) is 0 Å². The molecule has 0 aromatic carbocycles. The molecule has 1 aliphatic heterocycles. The number of nitrogens with two attached hydrogens (primary N) is 2. The Balaban J connectivity index is 1.94. The van der Waals surface area contributed by atoms with Gasteiger partial charge in [0.2, 0.25) is 0 Å². The molecule has 1 saturated carbocycles. The summed E-state index contributed by atoms with van der Waals surface area (Å²) in [6, 6.07) is 0.00333. The van der Waals surface area contributed by atoms with Crippen LogP contribution in [-0.2, 0) is 9.47 Å². The van der Waals surface area contributed by atoms with Crippen LogP contribution in [0.2, 0.25) is 0 Å². The van der Waals surface area contributed by atoms with Crippen LogP contribution in [0.1, 0.15) is 25.7 Å². The summed E-state index contributed by atoms with van der Waals surface area (Å²) < 4.78 is 10.9. The molecule has 3 atom stereocenters. The van der Waals surface area contributed by atoms with Crippen LogP contribution in [0.4, 0.5) is 0 Å². The zero-order chi connectivity index (χ0) is 9.47. The Morgan fingerprint density at radius 3 is 2.62 bits per heavy atom. The van der Waals surface area contributed by atoms with Gasteiger partial charge >= 0.3 is 0 Å². The van der Waals surface area contributed by atoms with Crippen LogP contribution in [-0.4, -0.2) is 31.1 Å². The molecule has 76 valence electrons. The highest BCUT2D eigenvalue weighted by Gasteiger charge is 2.49. The third kappa shape index (κ3) is 1.72. The molecule has 1 unspecified atom stereocenters. The fourth-order valence-electron chi connectivity index (χ4n) is 1.93. The highest BCUT2D eigenvalue weighted by atomic mass is 16.7. The van der Waals surface area contributed by atoms with E-state index in [0.29, 0.717) is 0 Å². The second-order valence-corrected chi connectivity index (χ2v) is 4.20. The van der Waals surface area contributed by atoms with Gasteiger partial charge in [0.15, 0.2) is 6.29 Å². The monoisotopic (exact) mass is 186 g/mol. The molecular weight excluding hydrogens is 168 g/mol. The molecule has 0 spiro atoms. The third-order valence-electron chi connectivity index (χ3n) is 3.11. The molecule has 4 N–H and O–H groups in total. The predicted octanol–water partition coefficient (Wildman–Crippen LogP) is -0.0435. The van der Waals surface area contributed by atoms with Crippen LogP contribution in [0.15, 0.2) is 0 Å². The molecule has 1 aliphatic carbocycles. The molecule has 1 saturated heterocycles. The van der Waals surface area contributed by atoms with Gasteiger partial charge in [0.25, 0.3) is 0 Å². The average Bonchev–Trinajstić information content (AvgIpc) is 2.86. The quantitative estimate of drug-likeness (QED) is 0.634. The summed E-state index contributed by atoms with van der Waals surface area (Å²) in [4.78, 5) is 0. The Morgan fingerprint density at radius 2 is 2.08 bits per heavy atom. The molecule has 13 heavy (non-hydrogen) atoms. The van der Waals surface area contributed by atoms with Gasteiger partial charge in [-0.2, -0.15) is 0 Å². The first-order chi connectivity index (χ1) is 6.15. The van der Waals surface area contributed by atoms with Crippen molar-refractivity contribution in [3.8, 4) is 0 Å². The third-order valence-corrected chi connectivity index (χ3v) is 3.11. The molecule has 2 fully saturated rings. The number of hydrogen-bond acceptors (Lipinski definition) is 4. The zero-order valence-electron chi connectivity index (χ0n) is 8.03. The van der Waals surface area contributed by atoms with Gasteiger partial charge in [-0.1, -0.05) is 0 Å². The fourth-order valence-corrected chi connectivity index (χ4v) is 1.93. The lowest BCUT2D eigenvalue weighted by Crippen LogP contribution is -2.51. The molecule has 4 heteroatoms. The van der Waals surface area contributed by atoms with E-state index in [2.05, 4.69) is 0 Å². The van der Waals surface area contributed by atoms with E-state index in [1.807, 2.05) is 0 Å². The lowest BCUT2D eigenvalue weighted by molar-refractivity contribution is -0.196. The van der Waals surface area contributed by atoms with Crippen molar-refractivity contribution in [2.45, 2.75) is 49.7 Å². The summed E-state index contributed by atoms with van der Waals surface area (Å²) >= 11 is 0. The summed E-state index contributed by atoms with van der Waals surface area (Å²) in [5.41, 5.74) is 11.8. The van der Waals surface area contributed by atoms with Gasteiger partial charge < -0.3 is 20.9 Å². The van der Waals surface area contributed by atoms with Crippen LogP contribution >= 0.6 is 0 Å². The largest absolute Gasteiger partial charge is 0.354 e. The van der Waals surface area contributed by atoms with Gasteiger partial charge in [0, 0.05) is 12.6 Å². The highest BCUT2D eigenvalue weighted by molar-refractivity contribution is 5.06. The summed E-state index contributed by atoms with van der Waals surface area (Å²) in [7, 11) is 1.63. The van der Waals surface area contributed by atoms with Crippen LogP contribution in [0.5, 0.6) is 0 Å². The SMILES string of the molecule is CO[C@H]1OC(C2(N)CC2)CC[C@H]1N. The molecule has 0 amide bonds. The van der Waals surface area contributed by atoms with Crippen LogP contribution < -0.4 is 11.5 Å². The predicted molar refractivity (Wildman–Crippen MR) is 49.0 cm³/mol. The Labute approximate surface area is 78.6 Å². The van der Waals surface area contributed by atoms with E-state index in [1.165, 1.54) is 0 Å². The number of hydrogen-bond donors (Lipinski definition) is 2. The van der Waals surface area contributed by atoms with Crippen molar-refractivity contribution in [3.05, 3.63) is 0 Å². The van der Waals surface area contributed by atoms with E-state index >= 15 is 0 Å². The van der Waals surface area contributed by atoms with Gasteiger partial charge in [-0.15, -0.1) is 0 Å². The summed E-state index contributed by atoms with van der Waals surface area (Å²) in [6.07, 6.45) is 3.95. The fraction of sp³-hybridized carbons (Fsp3) is 1.00. The molecule has 0 aromatic heterocycles. The minimum Gasteiger partial charge on any atom is -0.354 e. The van der Waals surface area contributed by atoms with Crippen molar-refractivity contribution < 1.29 is 9.47 Å². The zero-order valence-corrected chi connectivity index (χ0v) is 8.03. The van der Waals surface area contributed by atoms with Crippen molar-refractivity contribution in [1.82, 2.24) is 0 Å². The Hall–Kier alpha value is -0.160. The standard InChI is InChI=1S/C9H18N2O2/c1-12-8-6(10)2-3-7(13-8)9(11)4-5-9/h6-8H,2-5,10-11H2,1H3/t6-,7?,8+/m1/s1. The van der Waals surface area contributed by atoms with E-state index in [0.717, 1.165) is 25.7 Å². The second-order valence-electron chi connectivity index (χ2n) is 4.20. The summed E-state index contributed by atoms with van der Waals surface area (Å²) in [5.74, 6) is 0. The number of methoxy groups -OCH3 is 1. The number of ether oxygens (including phenoxy) is 2. The summed E-state index contributed by atoms with van der Waals surface area (Å²) in [5, 5.41) is 0. The van der Waals surface area contributed by atoms with E-state index in [-0.39, 0.29) is 24.0 Å². The Bertz CT molecular complexity index is 194. The van der Waals surface area contributed by atoms with E-state index in [1.54, 1.807) is 7.11 Å². The van der Waals surface area contributed by atoms with Gasteiger partial charge in [0.1, 0.15) is 0 Å². The van der Waals surface area contributed by atoms with Gasteiger partial charge in [-0.3, -0.25) is 0 Å². The molecule has 0 radical (unpaired) electrons. The minimum absolute atomic E-state index is 0.00333. The molecule has 2 rings (SSSR count). The second kappa shape index (κ2) is 3.20. The van der Waals surface area contributed by atoms with Gasteiger partial charge in [-0.25, -0.2) is 0 Å². The molecule has 2 aliphatic rings. The topological polar surface area (TPSA) is 70.5 Å². The van der Waals surface area contributed by atoms with Gasteiger partial charge in [-0.05, 0) is 25.7 Å². The van der Waals surface area contributed by atoms with Crippen molar-refractivity contribution in [2.24, 2.45) is 11.5 Å².